The lowest BCUT2D eigenvalue weighted by Crippen LogP contribution is -2.42. The fourth-order valence-corrected chi connectivity index (χ4v) is 1.73. The molecule has 4 nitrogen and oxygen atoms in total. The molecule has 0 radical (unpaired) electrons. The lowest BCUT2D eigenvalue weighted by atomic mass is 9.98. The van der Waals surface area contributed by atoms with Crippen LogP contribution in [0.5, 0.6) is 0 Å². The Kier molecular flexibility index (Phi) is 5.12. The van der Waals surface area contributed by atoms with Gasteiger partial charge in [-0.1, -0.05) is 31.2 Å². The Hall–Kier alpha value is -2.05. The Labute approximate surface area is 113 Å². The van der Waals surface area contributed by atoms with Crippen LogP contribution in [-0.4, -0.2) is 25.2 Å². The van der Waals surface area contributed by atoms with Gasteiger partial charge in [-0.05, 0) is 17.5 Å². The number of ether oxygens (including phenoxy) is 1. The van der Waals surface area contributed by atoms with Crippen molar-refractivity contribution >= 4 is 11.9 Å². The summed E-state index contributed by atoms with van der Waals surface area (Å²) in [5.74, 6) is -3.14. The highest BCUT2D eigenvalue weighted by molar-refractivity contribution is 5.88. The SMILES string of the molecule is CCc1ccccc1C(NC(=O)C(F)(F)F)C(=O)OC. The van der Waals surface area contributed by atoms with Gasteiger partial charge < -0.3 is 10.1 Å². The zero-order chi connectivity index (χ0) is 15.3. The number of carbonyl (C=O) groups excluding carboxylic acids is 2. The predicted octanol–water partition coefficient (Wildman–Crippen LogP) is 2.14. The highest BCUT2D eigenvalue weighted by Crippen LogP contribution is 2.23. The van der Waals surface area contributed by atoms with E-state index in [4.69, 9.17) is 0 Å². The molecule has 110 valence electrons. The molecule has 1 aromatic rings. The Morgan fingerprint density at radius 3 is 2.40 bits per heavy atom. The van der Waals surface area contributed by atoms with E-state index in [1.165, 1.54) is 6.07 Å². The highest BCUT2D eigenvalue weighted by Gasteiger charge is 2.41. The van der Waals surface area contributed by atoms with E-state index < -0.39 is 24.1 Å². The standard InChI is InChI=1S/C13H14F3NO3/c1-3-8-6-4-5-7-9(8)10(11(18)20-2)17-12(19)13(14,15)16/h4-7,10H,3H2,1-2H3,(H,17,19). The number of hydrogen-bond acceptors (Lipinski definition) is 3. The number of aryl methyl sites for hydroxylation is 1. The van der Waals surface area contributed by atoms with E-state index in [9.17, 15) is 22.8 Å². The maximum Gasteiger partial charge on any atom is 0.471 e. The fraction of sp³-hybridized carbons (Fsp3) is 0.385. The third kappa shape index (κ3) is 3.72. The lowest BCUT2D eigenvalue weighted by molar-refractivity contribution is -0.175. The molecule has 1 aromatic carbocycles. The normalized spacial score (nSPS) is 12.7. The van der Waals surface area contributed by atoms with Crippen LogP contribution in [0.2, 0.25) is 0 Å². The number of methoxy groups -OCH3 is 1. The van der Waals surface area contributed by atoms with Crippen molar-refractivity contribution in [2.75, 3.05) is 7.11 Å². The molecule has 0 saturated heterocycles. The Balaban J connectivity index is 3.13. The quantitative estimate of drug-likeness (QED) is 0.864. The number of amides is 1. The Morgan fingerprint density at radius 1 is 1.30 bits per heavy atom. The minimum absolute atomic E-state index is 0.291. The minimum atomic E-state index is -5.06. The van der Waals surface area contributed by atoms with Gasteiger partial charge in [0.15, 0.2) is 6.04 Å². The molecule has 0 saturated carbocycles. The summed E-state index contributed by atoms with van der Waals surface area (Å²) in [5, 5.41) is 1.66. The molecule has 1 rings (SSSR count). The van der Waals surface area contributed by atoms with Gasteiger partial charge in [0.2, 0.25) is 0 Å². The van der Waals surface area contributed by atoms with Gasteiger partial charge in [0, 0.05) is 0 Å². The molecule has 1 amide bonds. The van der Waals surface area contributed by atoms with Gasteiger partial charge in [0.05, 0.1) is 7.11 Å². The number of benzene rings is 1. The van der Waals surface area contributed by atoms with E-state index in [-0.39, 0.29) is 0 Å². The predicted molar refractivity (Wildman–Crippen MR) is 64.8 cm³/mol. The number of halogens is 3. The molecular formula is C13H14F3NO3. The van der Waals surface area contributed by atoms with Crippen LogP contribution < -0.4 is 5.32 Å². The molecule has 7 heteroatoms. The van der Waals surface area contributed by atoms with Crippen LogP contribution in [0.1, 0.15) is 24.1 Å². The van der Waals surface area contributed by atoms with Crippen molar-refractivity contribution in [2.45, 2.75) is 25.6 Å². The summed E-state index contributed by atoms with van der Waals surface area (Å²) >= 11 is 0. The molecule has 20 heavy (non-hydrogen) atoms. The minimum Gasteiger partial charge on any atom is -0.467 e. The summed E-state index contributed by atoms with van der Waals surface area (Å²) in [5.41, 5.74) is 0.949. The summed E-state index contributed by atoms with van der Waals surface area (Å²) in [6.45, 7) is 1.79. The van der Waals surface area contributed by atoms with Crippen molar-refractivity contribution in [3.63, 3.8) is 0 Å². The molecule has 0 fully saturated rings. The van der Waals surface area contributed by atoms with Crippen LogP contribution >= 0.6 is 0 Å². The Morgan fingerprint density at radius 2 is 1.90 bits per heavy atom. The average Bonchev–Trinajstić information content (AvgIpc) is 2.42. The lowest BCUT2D eigenvalue weighted by Gasteiger charge is -2.20. The Bertz CT molecular complexity index is 500. The molecule has 0 spiro atoms. The molecule has 1 atom stereocenters. The van der Waals surface area contributed by atoms with Crippen LogP contribution in [0.15, 0.2) is 24.3 Å². The average molecular weight is 289 g/mol. The third-order valence-electron chi connectivity index (χ3n) is 2.72. The molecule has 0 bridgehead atoms. The summed E-state index contributed by atoms with van der Waals surface area (Å²) in [6, 6.07) is 4.94. The molecule has 0 aliphatic heterocycles. The van der Waals surface area contributed by atoms with Gasteiger partial charge in [-0.3, -0.25) is 4.79 Å². The molecule has 1 N–H and O–H groups in total. The van der Waals surface area contributed by atoms with Crippen LogP contribution in [0.25, 0.3) is 0 Å². The van der Waals surface area contributed by atoms with Crippen molar-refractivity contribution < 1.29 is 27.5 Å². The van der Waals surface area contributed by atoms with Crippen LogP contribution in [0, 0.1) is 0 Å². The van der Waals surface area contributed by atoms with Gasteiger partial charge in [-0.25, -0.2) is 4.79 Å². The largest absolute Gasteiger partial charge is 0.471 e. The fourth-order valence-electron chi connectivity index (χ4n) is 1.73. The number of nitrogens with one attached hydrogen (secondary N) is 1. The van der Waals surface area contributed by atoms with E-state index in [1.807, 2.05) is 0 Å². The molecule has 0 aromatic heterocycles. The zero-order valence-electron chi connectivity index (χ0n) is 11.0. The first-order valence-electron chi connectivity index (χ1n) is 5.84. The molecule has 0 aliphatic carbocycles. The van der Waals surface area contributed by atoms with E-state index in [0.29, 0.717) is 17.5 Å². The number of rotatable bonds is 4. The topological polar surface area (TPSA) is 55.4 Å². The van der Waals surface area contributed by atoms with Gasteiger partial charge in [-0.2, -0.15) is 13.2 Å². The van der Waals surface area contributed by atoms with Crippen molar-refractivity contribution in [1.29, 1.82) is 0 Å². The number of esters is 1. The first kappa shape index (κ1) is 16.0. The number of carbonyl (C=O) groups is 2. The first-order chi connectivity index (χ1) is 9.31. The molecule has 1 unspecified atom stereocenters. The second-order valence-electron chi connectivity index (χ2n) is 3.98. The third-order valence-corrected chi connectivity index (χ3v) is 2.72. The van der Waals surface area contributed by atoms with E-state index in [1.54, 1.807) is 30.4 Å². The first-order valence-corrected chi connectivity index (χ1v) is 5.84. The molecule has 0 heterocycles. The van der Waals surface area contributed by atoms with E-state index in [2.05, 4.69) is 4.74 Å². The highest BCUT2D eigenvalue weighted by atomic mass is 19.4. The van der Waals surface area contributed by atoms with Crippen molar-refractivity contribution in [3.05, 3.63) is 35.4 Å². The van der Waals surface area contributed by atoms with Gasteiger partial charge in [0.1, 0.15) is 0 Å². The zero-order valence-corrected chi connectivity index (χ0v) is 11.0. The van der Waals surface area contributed by atoms with Crippen LogP contribution in [0.4, 0.5) is 13.2 Å². The van der Waals surface area contributed by atoms with Crippen molar-refractivity contribution in [2.24, 2.45) is 0 Å². The van der Waals surface area contributed by atoms with Gasteiger partial charge in [0.25, 0.3) is 0 Å². The van der Waals surface area contributed by atoms with Crippen molar-refractivity contribution in [1.82, 2.24) is 5.32 Å². The number of alkyl halides is 3. The smallest absolute Gasteiger partial charge is 0.467 e. The summed E-state index contributed by atoms with van der Waals surface area (Å²) in [4.78, 5) is 22.7. The summed E-state index contributed by atoms with van der Waals surface area (Å²) in [7, 11) is 1.05. The monoisotopic (exact) mass is 289 g/mol. The van der Waals surface area contributed by atoms with Gasteiger partial charge in [-0.15, -0.1) is 0 Å². The second kappa shape index (κ2) is 6.40. The van der Waals surface area contributed by atoms with E-state index >= 15 is 0 Å². The second-order valence-corrected chi connectivity index (χ2v) is 3.98. The van der Waals surface area contributed by atoms with Gasteiger partial charge >= 0.3 is 18.1 Å². The maximum atomic E-state index is 12.3. The van der Waals surface area contributed by atoms with Crippen LogP contribution in [0.3, 0.4) is 0 Å². The molecular weight excluding hydrogens is 275 g/mol. The van der Waals surface area contributed by atoms with Crippen LogP contribution in [-0.2, 0) is 20.7 Å². The maximum absolute atomic E-state index is 12.3. The summed E-state index contributed by atoms with van der Waals surface area (Å²) in [6.07, 6.45) is -4.56. The summed E-state index contributed by atoms with van der Waals surface area (Å²) < 4.78 is 41.4. The molecule has 0 aliphatic rings. The van der Waals surface area contributed by atoms with E-state index in [0.717, 1.165) is 7.11 Å². The number of hydrogen-bond donors (Lipinski definition) is 1. The van der Waals surface area contributed by atoms with Crippen molar-refractivity contribution in [3.8, 4) is 0 Å².